The van der Waals surface area contributed by atoms with Gasteiger partial charge in [0.1, 0.15) is 19.8 Å². The summed E-state index contributed by atoms with van der Waals surface area (Å²) in [5, 5.41) is 0. The van der Waals surface area contributed by atoms with E-state index >= 15 is 0 Å². The number of esters is 2. The number of nitrogens with zero attached hydrogens (tertiary/aromatic N) is 1. The van der Waals surface area contributed by atoms with Crippen LogP contribution in [0.15, 0.2) is 67.3 Å². The molecule has 0 spiro atoms. The van der Waals surface area contributed by atoms with Crippen LogP contribution < -0.4 is 0 Å². The molecule has 0 unspecified atom stereocenters. The maximum Gasteiger partial charge on any atom is 0.330 e. The molecule has 0 aliphatic carbocycles. The molecule has 0 bridgehead atoms. The van der Waals surface area contributed by atoms with E-state index in [1.54, 1.807) is 12.1 Å². The van der Waals surface area contributed by atoms with Crippen molar-refractivity contribution >= 4 is 17.7 Å². The Morgan fingerprint density at radius 3 is 2.30 bits per heavy atom. The van der Waals surface area contributed by atoms with Gasteiger partial charge in [0.05, 0.1) is 27.1 Å². The lowest BCUT2D eigenvalue weighted by molar-refractivity contribution is -0.903. The standard InChI is InChI=1S/C24H28NO5/c1-4-22(26)29-15-16-30-23(27)13-14-25(2,3)18-19-9-8-12-21(17-19)24(28)20-10-6-5-7-11-20/h4-12,17H,1,13-16,18H2,2-3H3/q+1. The molecule has 0 atom stereocenters. The van der Waals surface area contributed by atoms with Crippen molar-refractivity contribution in [2.45, 2.75) is 13.0 Å². The van der Waals surface area contributed by atoms with E-state index in [1.165, 1.54) is 0 Å². The summed E-state index contributed by atoms with van der Waals surface area (Å²) >= 11 is 0. The van der Waals surface area contributed by atoms with Crippen LogP contribution >= 0.6 is 0 Å². The topological polar surface area (TPSA) is 69.7 Å². The van der Waals surface area contributed by atoms with Gasteiger partial charge in [-0.2, -0.15) is 0 Å². The van der Waals surface area contributed by atoms with Crippen molar-refractivity contribution in [1.82, 2.24) is 0 Å². The zero-order valence-corrected chi connectivity index (χ0v) is 17.5. The number of rotatable bonds is 11. The van der Waals surface area contributed by atoms with Gasteiger partial charge in [0.15, 0.2) is 5.78 Å². The molecule has 0 amide bonds. The molecule has 0 N–H and O–H groups in total. The maximum absolute atomic E-state index is 12.7. The highest BCUT2D eigenvalue weighted by molar-refractivity contribution is 6.09. The minimum absolute atomic E-state index is 0.0107. The Labute approximate surface area is 177 Å². The summed E-state index contributed by atoms with van der Waals surface area (Å²) < 4.78 is 10.4. The van der Waals surface area contributed by atoms with Crippen LogP contribution in [0.25, 0.3) is 0 Å². The third-order valence-corrected chi connectivity index (χ3v) is 4.51. The third kappa shape index (κ3) is 7.64. The Bertz CT molecular complexity index is 889. The van der Waals surface area contributed by atoms with Gasteiger partial charge in [-0.1, -0.05) is 55.1 Å². The molecule has 2 aromatic rings. The van der Waals surface area contributed by atoms with E-state index < -0.39 is 5.97 Å². The van der Waals surface area contributed by atoms with E-state index in [1.807, 2.05) is 56.6 Å². The first-order valence-corrected chi connectivity index (χ1v) is 9.76. The quantitative estimate of drug-likeness (QED) is 0.187. The number of hydrogen-bond donors (Lipinski definition) is 0. The van der Waals surface area contributed by atoms with E-state index in [2.05, 4.69) is 6.58 Å². The SMILES string of the molecule is C=CC(=O)OCCOC(=O)CC[N+](C)(C)Cc1cccc(C(=O)c2ccccc2)c1. The Balaban J connectivity index is 1.86. The predicted molar refractivity (Wildman–Crippen MR) is 114 cm³/mol. The number of ketones is 1. The Morgan fingerprint density at radius 2 is 1.60 bits per heavy atom. The molecule has 30 heavy (non-hydrogen) atoms. The Hall–Kier alpha value is -3.25. The molecule has 0 saturated carbocycles. The van der Waals surface area contributed by atoms with Crippen LogP contribution in [0.2, 0.25) is 0 Å². The average Bonchev–Trinajstić information content (AvgIpc) is 2.75. The van der Waals surface area contributed by atoms with Crippen LogP contribution in [0.4, 0.5) is 0 Å². The molecule has 2 aromatic carbocycles. The van der Waals surface area contributed by atoms with E-state index in [4.69, 9.17) is 9.47 Å². The number of quaternary nitrogens is 1. The van der Waals surface area contributed by atoms with E-state index in [-0.39, 0.29) is 31.4 Å². The fourth-order valence-electron chi connectivity index (χ4n) is 2.96. The van der Waals surface area contributed by atoms with Crippen LogP contribution in [0.5, 0.6) is 0 Å². The van der Waals surface area contributed by atoms with Crippen molar-refractivity contribution in [1.29, 1.82) is 0 Å². The lowest BCUT2D eigenvalue weighted by Gasteiger charge is -2.29. The largest absolute Gasteiger partial charge is 0.462 e. The second kappa shape index (κ2) is 11.1. The second-order valence-corrected chi connectivity index (χ2v) is 7.56. The Morgan fingerprint density at radius 1 is 0.933 bits per heavy atom. The molecule has 0 fully saturated rings. The van der Waals surface area contributed by atoms with Gasteiger partial charge in [-0.25, -0.2) is 4.79 Å². The van der Waals surface area contributed by atoms with Gasteiger partial charge >= 0.3 is 11.9 Å². The lowest BCUT2D eigenvalue weighted by Crippen LogP contribution is -2.40. The van der Waals surface area contributed by atoms with Gasteiger partial charge in [0.25, 0.3) is 0 Å². The molecule has 0 aliphatic heterocycles. The third-order valence-electron chi connectivity index (χ3n) is 4.51. The molecule has 0 aliphatic rings. The first-order chi connectivity index (χ1) is 14.3. The van der Waals surface area contributed by atoms with Crippen LogP contribution in [0.3, 0.4) is 0 Å². The van der Waals surface area contributed by atoms with Crippen molar-refractivity contribution in [3.63, 3.8) is 0 Å². The maximum atomic E-state index is 12.7. The van der Waals surface area contributed by atoms with E-state index in [0.717, 1.165) is 11.6 Å². The molecule has 0 saturated heterocycles. The smallest absolute Gasteiger partial charge is 0.330 e. The van der Waals surface area contributed by atoms with Gasteiger partial charge in [0, 0.05) is 22.8 Å². The van der Waals surface area contributed by atoms with Crippen molar-refractivity contribution in [3.8, 4) is 0 Å². The van der Waals surface area contributed by atoms with Crippen molar-refractivity contribution in [3.05, 3.63) is 83.9 Å². The first kappa shape index (κ1) is 23.0. The lowest BCUT2D eigenvalue weighted by atomic mass is 10.0. The van der Waals surface area contributed by atoms with Crippen LogP contribution in [0, 0.1) is 0 Å². The monoisotopic (exact) mass is 410 g/mol. The zero-order valence-electron chi connectivity index (χ0n) is 17.5. The highest BCUT2D eigenvalue weighted by Gasteiger charge is 2.19. The predicted octanol–water partition coefficient (Wildman–Crippen LogP) is 3.16. The highest BCUT2D eigenvalue weighted by Crippen LogP contribution is 2.15. The molecule has 6 nitrogen and oxygen atoms in total. The van der Waals surface area contributed by atoms with Gasteiger partial charge in [0.2, 0.25) is 0 Å². The summed E-state index contributed by atoms with van der Waals surface area (Å²) in [7, 11) is 4.04. The molecule has 0 aromatic heterocycles. The summed E-state index contributed by atoms with van der Waals surface area (Å²) in [5.41, 5.74) is 2.32. The number of hydrogen-bond acceptors (Lipinski definition) is 5. The minimum Gasteiger partial charge on any atom is -0.462 e. The van der Waals surface area contributed by atoms with Gasteiger partial charge in [-0.05, 0) is 6.07 Å². The molecule has 158 valence electrons. The first-order valence-electron chi connectivity index (χ1n) is 9.76. The molecule has 6 heteroatoms. The highest BCUT2D eigenvalue weighted by atomic mass is 16.6. The molecule has 0 radical (unpaired) electrons. The molecule has 0 heterocycles. The average molecular weight is 410 g/mol. The number of carbonyl (C=O) groups excluding carboxylic acids is 3. The fraction of sp³-hybridized carbons (Fsp3) is 0.292. The van der Waals surface area contributed by atoms with E-state index in [0.29, 0.717) is 28.7 Å². The summed E-state index contributed by atoms with van der Waals surface area (Å²) in [5.74, 6) is -0.899. The van der Waals surface area contributed by atoms with Gasteiger partial charge in [-0.15, -0.1) is 0 Å². The van der Waals surface area contributed by atoms with Crippen LogP contribution in [0.1, 0.15) is 27.9 Å². The summed E-state index contributed by atoms with van der Waals surface area (Å²) in [6, 6.07) is 16.8. The van der Waals surface area contributed by atoms with Crippen LogP contribution in [-0.2, 0) is 25.6 Å². The minimum atomic E-state index is -0.545. The van der Waals surface area contributed by atoms with Crippen molar-refractivity contribution in [2.24, 2.45) is 0 Å². The zero-order chi connectivity index (χ0) is 22.0. The normalized spacial score (nSPS) is 10.9. The second-order valence-electron chi connectivity index (χ2n) is 7.56. The summed E-state index contributed by atoms with van der Waals surface area (Å²) in [6.07, 6.45) is 1.30. The van der Waals surface area contributed by atoms with Crippen LogP contribution in [-0.4, -0.2) is 56.1 Å². The molecular formula is C24H28NO5+. The van der Waals surface area contributed by atoms with Gasteiger partial charge < -0.3 is 14.0 Å². The number of carbonyl (C=O) groups is 3. The van der Waals surface area contributed by atoms with E-state index in [9.17, 15) is 14.4 Å². The number of ether oxygens (including phenoxy) is 2. The summed E-state index contributed by atoms with van der Waals surface area (Å²) in [4.78, 5) is 35.5. The fourth-order valence-corrected chi connectivity index (χ4v) is 2.96. The van der Waals surface area contributed by atoms with Crippen molar-refractivity contribution in [2.75, 3.05) is 33.9 Å². The molecular weight excluding hydrogens is 382 g/mol. The Kier molecular flexibility index (Phi) is 8.50. The molecule has 2 rings (SSSR count). The van der Waals surface area contributed by atoms with Gasteiger partial charge in [-0.3, -0.25) is 9.59 Å². The summed E-state index contributed by atoms with van der Waals surface area (Å²) in [6.45, 7) is 4.57. The number of benzene rings is 2. The van der Waals surface area contributed by atoms with Crippen molar-refractivity contribution < 1.29 is 28.3 Å².